The zero-order valence-electron chi connectivity index (χ0n) is 9.03. The van der Waals surface area contributed by atoms with Crippen LogP contribution >= 0.6 is 11.3 Å². The molecule has 0 radical (unpaired) electrons. The monoisotopic (exact) mass is 226 g/mol. The summed E-state index contributed by atoms with van der Waals surface area (Å²) in [6.07, 6.45) is 2.64. The van der Waals surface area contributed by atoms with Crippen LogP contribution in [0.25, 0.3) is 0 Å². The number of carbonyl (C=O) groups excluding carboxylic acids is 1. The van der Waals surface area contributed by atoms with Crippen LogP contribution in [-0.4, -0.2) is 12.5 Å². The molecule has 1 aromatic heterocycles. The van der Waals surface area contributed by atoms with Gasteiger partial charge in [-0.3, -0.25) is 4.79 Å². The molecule has 0 aliphatic carbocycles. The summed E-state index contributed by atoms with van der Waals surface area (Å²) < 4.78 is 0. The van der Waals surface area contributed by atoms with E-state index in [9.17, 15) is 4.79 Å². The molecule has 3 nitrogen and oxygen atoms in total. The van der Waals surface area contributed by atoms with Crippen molar-refractivity contribution in [1.29, 1.82) is 0 Å². The van der Waals surface area contributed by atoms with E-state index in [2.05, 4.69) is 29.8 Å². The molecule has 0 bridgehead atoms. The minimum atomic E-state index is -0.246. The van der Waals surface area contributed by atoms with Crippen LogP contribution < -0.4 is 11.1 Å². The number of hydrogen-bond donors (Lipinski definition) is 2. The summed E-state index contributed by atoms with van der Waals surface area (Å²) in [4.78, 5) is 11.9. The van der Waals surface area contributed by atoms with E-state index >= 15 is 0 Å². The van der Waals surface area contributed by atoms with Crippen molar-refractivity contribution in [2.75, 3.05) is 6.54 Å². The summed E-state index contributed by atoms with van der Waals surface area (Å²) >= 11 is 1.75. The van der Waals surface area contributed by atoms with Gasteiger partial charge in [0.1, 0.15) is 0 Å². The Hall–Kier alpha value is -0.870. The highest BCUT2D eigenvalue weighted by Gasteiger charge is 2.10. The maximum absolute atomic E-state index is 10.6. The average Bonchev–Trinajstić information content (AvgIpc) is 2.68. The lowest BCUT2D eigenvalue weighted by atomic mass is 10.1. The summed E-state index contributed by atoms with van der Waals surface area (Å²) in [6.45, 7) is 2.83. The van der Waals surface area contributed by atoms with Gasteiger partial charge in [0, 0.05) is 23.9 Å². The van der Waals surface area contributed by atoms with Crippen molar-refractivity contribution in [3.8, 4) is 0 Å². The maximum Gasteiger partial charge on any atom is 0.218 e. The third-order valence-electron chi connectivity index (χ3n) is 2.23. The summed E-state index contributed by atoms with van der Waals surface area (Å²) in [5, 5.41) is 5.44. The molecule has 1 rings (SSSR count). The smallest absolute Gasteiger partial charge is 0.218 e. The van der Waals surface area contributed by atoms with Crippen molar-refractivity contribution < 1.29 is 4.79 Å². The van der Waals surface area contributed by atoms with E-state index in [0.717, 1.165) is 12.8 Å². The Bertz CT molecular complexity index is 285. The lowest BCUT2D eigenvalue weighted by Gasteiger charge is -2.15. The fraction of sp³-hybridized carbons (Fsp3) is 0.545. The molecule has 1 amide bonds. The number of thiophene rings is 1. The number of rotatable bonds is 7. The van der Waals surface area contributed by atoms with Crippen molar-refractivity contribution in [1.82, 2.24) is 5.32 Å². The zero-order chi connectivity index (χ0) is 11.1. The Labute approximate surface area is 94.7 Å². The Kier molecular flexibility index (Phi) is 5.36. The first-order valence-corrected chi connectivity index (χ1v) is 6.17. The second-order valence-corrected chi connectivity index (χ2v) is 4.51. The van der Waals surface area contributed by atoms with E-state index in [1.54, 1.807) is 11.3 Å². The Balaban J connectivity index is 2.41. The highest BCUT2D eigenvalue weighted by Crippen LogP contribution is 2.22. The van der Waals surface area contributed by atoms with Gasteiger partial charge in [0.2, 0.25) is 5.91 Å². The molecule has 1 atom stereocenters. The molecule has 84 valence electrons. The fourth-order valence-corrected chi connectivity index (χ4v) is 2.33. The lowest BCUT2D eigenvalue weighted by Crippen LogP contribution is -2.25. The van der Waals surface area contributed by atoms with Gasteiger partial charge in [-0.15, -0.1) is 11.3 Å². The van der Waals surface area contributed by atoms with Crippen molar-refractivity contribution in [2.24, 2.45) is 5.73 Å². The summed E-state index contributed by atoms with van der Waals surface area (Å²) in [5.41, 5.74) is 5.09. The van der Waals surface area contributed by atoms with Crippen molar-refractivity contribution in [3.63, 3.8) is 0 Å². The molecule has 1 heterocycles. The molecule has 4 heteroatoms. The van der Waals surface area contributed by atoms with E-state index < -0.39 is 0 Å². The standard InChI is InChI=1S/C11H18N2OS/c1-2-4-9(10-5-3-8-15-10)13-7-6-11(12)14/h3,5,8-9,13H,2,4,6-7H2,1H3,(H2,12,14). The molecule has 0 fully saturated rings. The average molecular weight is 226 g/mol. The molecule has 3 N–H and O–H groups in total. The minimum Gasteiger partial charge on any atom is -0.370 e. The van der Waals surface area contributed by atoms with Crippen LogP contribution in [0.1, 0.15) is 37.1 Å². The number of primary amides is 1. The Morgan fingerprint density at radius 1 is 1.67 bits per heavy atom. The lowest BCUT2D eigenvalue weighted by molar-refractivity contribution is -0.117. The second kappa shape index (κ2) is 6.58. The predicted molar refractivity (Wildman–Crippen MR) is 63.8 cm³/mol. The van der Waals surface area contributed by atoms with E-state index in [4.69, 9.17) is 5.73 Å². The summed E-state index contributed by atoms with van der Waals surface area (Å²) in [5.74, 6) is -0.246. The highest BCUT2D eigenvalue weighted by molar-refractivity contribution is 7.10. The summed E-state index contributed by atoms with van der Waals surface area (Å²) in [7, 11) is 0. The largest absolute Gasteiger partial charge is 0.370 e. The highest BCUT2D eigenvalue weighted by atomic mass is 32.1. The van der Waals surface area contributed by atoms with E-state index in [1.807, 2.05) is 0 Å². The normalized spacial score (nSPS) is 12.6. The maximum atomic E-state index is 10.6. The molecule has 0 saturated heterocycles. The first-order chi connectivity index (χ1) is 7.24. The molecule has 0 aliphatic rings. The molecule has 15 heavy (non-hydrogen) atoms. The minimum absolute atomic E-state index is 0.246. The van der Waals surface area contributed by atoms with Crippen molar-refractivity contribution in [2.45, 2.75) is 32.2 Å². The topological polar surface area (TPSA) is 55.1 Å². The van der Waals surface area contributed by atoms with Crippen molar-refractivity contribution >= 4 is 17.2 Å². The number of nitrogens with one attached hydrogen (secondary N) is 1. The Morgan fingerprint density at radius 2 is 2.47 bits per heavy atom. The third kappa shape index (κ3) is 4.44. The second-order valence-electron chi connectivity index (χ2n) is 3.53. The van der Waals surface area contributed by atoms with Gasteiger partial charge in [-0.1, -0.05) is 19.4 Å². The van der Waals surface area contributed by atoms with Crippen molar-refractivity contribution in [3.05, 3.63) is 22.4 Å². The van der Waals surface area contributed by atoms with Gasteiger partial charge in [0.05, 0.1) is 0 Å². The molecule has 0 spiro atoms. The summed E-state index contributed by atoms with van der Waals surface area (Å²) in [6, 6.07) is 4.55. The van der Waals surface area contributed by atoms with E-state index in [1.165, 1.54) is 4.88 Å². The molecular formula is C11H18N2OS. The van der Waals surface area contributed by atoms with Crippen LogP contribution in [0.15, 0.2) is 17.5 Å². The van der Waals surface area contributed by atoms with Gasteiger partial charge >= 0.3 is 0 Å². The quantitative estimate of drug-likeness (QED) is 0.747. The van der Waals surface area contributed by atoms with Gasteiger partial charge in [-0.05, 0) is 17.9 Å². The van der Waals surface area contributed by atoms with Gasteiger partial charge < -0.3 is 11.1 Å². The molecule has 1 unspecified atom stereocenters. The van der Waals surface area contributed by atoms with Crippen LogP contribution in [0.2, 0.25) is 0 Å². The number of carbonyl (C=O) groups is 1. The van der Waals surface area contributed by atoms with E-state index in [-0.39, 0.29) is 5.91 Å². The van der Waals surface area contributed by atoms with Gasteiger partial charge in [0.25, 0.3) is 0 Å². The molecule has 0 aliphatic heterocycles. The molecule has 0 aromatic carbocycles. The molecular weight excluding hydrogens is 208 g/mol. The van der Waals surface area contributed by atoms with Crippen LogP contribution in [-0.2, 0) is 4.79 Å². The number of nitrogens with two attached hydrogens (primary N) is 1. The third-order valence-corrected chi connectivity index (χ3v) is 3.21. The van der Waals surface area contributed by atoms with Gasteiger partial charge in [-0.2, -0.15) is 0 Å². The van der Waals surface area contributed by atoms with Gasteiger partial charge in [-0.25, -0.2) is 0 Å². The van der Waals surface area contributed by atoms with Crippen LogP contribution in [0.3, 0.4) is 0 Å². The SMILES string of the molecule is CCCC(NCCC(N)=O)c1cccs1. The number of hydrogen-bond acceptors (Lipinski definition) is 3. The van der Waals surface area contributed by atoms with Crippen LogP contribution in [0, 0.1) is 0 Å². The Morgan fingerprint density at radius 3 is 3.00 bits per heavy atom. The zero-order valence-corrected chi connectivity index (χ0v) is 9.85. The van der Waals surface area contributed by atoms with Crippen LogP contribution in [0.5, 0.6) is 0 Å². The number of amides is 1. The molecule has 1 aromatic rings. The predicted octanol–water partition coefficient (Wildman–Crippen LogP) is 2.05. The first kappa shape index (κ1) is 12.2. The first-order valence-electron chi connectivity index (χ1n) is 5.29. The van der Waals surface area contributed by atoms with Crippen LogP contribution in [0.4, 0.5) is 0 Å². The van der Waals surface area contributed by atoms with E-state index in [0.29, 0.717) is 19.0 Å². The van der Waals surface area contributed by atoms with Gasteiger partial charge in [0.15, 0.2) is 0 Å². The molecule has 0 saturated carbocycles. The fourth-order valence-electron chi connectivity index (χ4n) is 1.49.